The van der Waals surface area contributed by atoms with Crippen molar-refractivity contribution in [2.45, 2.75) is 18.5 Å². The number of nitrogens with one attached hydrogen (secondary N) is 1. The van der Waals surface area contributed by atoms with Gasteiger partial charge in [0, 0.05) is 6.42 Å². The summed E-state index contributed by atoms with van der Waals surface area (Å²) in [6.45, 7) is 0. The van der Waals surface area contributed by atoms with E-state index in [1.54, 1.807) is 48.6 Å². The molecule has 128 valence electrons. The van der Waals surface area contributed by atoms with Crippen molar-refractivity contribution in [1.29, 1.82) is 0 Å². The number of amides is 1. The van der Waals surface area contributed by atoms with E-state index in [4.69, 9.17) is 11.6 Å². The van der Waals surface area contributed by atoms with Gasteiger partial charge in [-0.05, 0) is 41.5 Å². The Morgan fingerprint density at radius 1 is 1.16 bits per heavy atom. The van der Waals surface area contributed by atoms with Crippen LogP contribution in [0.1, 0.15) is 18.4 Å². The van der Waals surface area contributed by atoms with E-state index in [0.717, 1.165) is 11.1 Å². The van der Waals surface area contributed by atoms with Gasteiger partial charge < -0.3 is 5.32 Å². The van der Waals surface area contributed by atoms with E-state index in [0.29, 0.717) is 10.7 Å². The van der Waals surface area contributed by atoms with Crippen LogP contribution in [-0.2, 0) is 4.79 Å². The van der Waals surface area contributed by atoms with Crippen molar-refractivity contribution in [3.05, 3.63) is 83.2 Å². The maximum Gasteiger partial charge on any atom is 0.227 e. The first kappa shape index (κ1) is 17.4. The lowest BCUT2D eigenvalue weighted by molar-refractivity contribution is -0.118. The summed E-state index contributed by atoms with van der Waals surface area (Å²) >= 11 is 6.00. The zero-order valence-corrected chi connectivity index (χ0v) is 14.1. The molecule has 2 nitrogen and oxygen atoms in total. The van der Waals surface area contributed by atoms with Gasteiger partial charge in [-0.2, -0.15) is 0 Å². The highest BCUT2D eigenvalue weighted by molar-refractivity contribution is 6.33. The largest absolute Gasteiger partial charge is 0.325 e. The number of carbonyl (C=O) groups is 1. The van der Waals surface area contributed by atoms with Crippen molar-refractivity contribution in [3.63, 3.8) is 0 Å². The highest BCUT2D eigenvalue weighted by Gasteiger charge is 2.33. The SMILES string of the molecule is O=C(CC1(F)C=CC=C(c2ccc(F)cc2)C1)Nc1ccccc1Cl. The van der Waals surface area contributed by atoms with Crippen LogP contribution in [0.2, 0.25) is 5.02 Å². The van der Waals surface area contributed by atoms with Gasteiger partial charge in [-0.3, -0.25) is 4.79 Å². The Kier molecular flexibility index (Phi) is 5.00. The van der Waals surface area contributed by atoms with E-state index in [1.165, 1.54) is 18.2 Å². The number of allylic oxidation sites excluding steroid dienone is 4. The van der Waals surface area contributed by atoms with E-state index in [2.05, 4.69) is 5.32 Å². The van der Waals surface area contributed by atoms with Crippen molar-refractivity contribution >= 4 is 28.8 Å². The maximum atomic E-state index is 15.1. The van der Waals surface area contributed by atoms with Gasteiger partial charge >= 0.3 is 0 Å². The molecule has 2 aromatic carbocycles. The Morgan fingerprint density at radius 2 is 1.88 bits per heavy atom. The van der Waals surface area contributed by atoms with Gasteiger partial charge in [0.05, 0.1) is 17.1 Å². The van der Waals surface area contributed by atoms with Crippen LogP contribution >= 0.6 is 11.6 Å². The van der Waals surface area contributed by atoms with Gasteiger partial charge in [-0.1, -0.05) is 48.0 Å². The third-order valence-corrected chi connectivity index (χ3v) is 4.32. The van der Waals surface area contributed by atoms with Crippen molar-refractivity contribution < 1.29 is 13.6 Å². The molecule has 5 heteroatoms. The molecule has 1 aliphatic rings. The Labute approximate surface area is 149 Å². The second-order valence-corrected chi connectivity index (χ2v) is 6.38. The Balaban J connectivity index is 1.69. The van der Waals surface area contributed by atoms with Crippen LogP contribution in [-0.4, -0.2) is 11.6 Å². The Bertz CT molecular complexity index is 845. The molecular formula is C20H16ClF2NO. The summed E-state index contributed by atoms with van der Waals surface area (Å²) in [5, 5.41) is 3.03. The van der Waals surface area contributed by atoms with Crippen molar-refractivity contribution in [2.24, 2.45) is 0 Å². The zero-order valence-electron chi connectivity index (χ0n) is 13.3. The summed E-state index contributed by atoms with van der Waals surface area (Å²) in [4.78, 5) is 12.2. The number of carbonyl (C=O) groups excluding carboxylic acids is 1. The number of para-hydroxylation sites is 1. The number of benzene rings is 2. The van der Waals surface area contributed by atoms with Gasteiger partial charge in [0.15, 0.2) is 0 Å². The van der Waals surface area contributed by atoms with Crippen molar-refractivity contribution in [2.75, 3.05) is 5.32 Å². The van der Waals surface area contributed by atoms with Crippen LogP contribution in [0.25, 0.3) is 5.57 Å². The first-order valence-electron chi connectivity index (χ1n) is 7.83. The molecule has 0 bridgehead atoms. The quantitative estimate of drug-likeness (QED) is 0.760. The fourth-order valence-corrected chi connectivity index (χ4v) is 2.96. The fourth-order valence-electron chi connectivity index (χ4n) is 2.78. The molecule has 1 atom stereocenters. The molecule has 1 amide bonds. The fraction of sp³-hybridized carbons (Fsp3) is 0.150. The molecule has 0 radical (unpaired) electrons. The lowest BCUT2D eigenvalue weighted by atomic mass is 9.85. The standard InChI is InChI=1S/C20H16ClF2NO/c21-17-5-1-2-6-18(17)24-19(25)13-20(23)11-3-4-15(12-20)14-7-9-16(22)10-8-14/h1-11H,12-13H2,(H,24,25). The third-order valence-electron chi connectivity index (χ3n) is 3.99. The monoisotopic (exact) mass is 359 g/mol. The number of hydrogen-bond donors (Lipinski definition) is 1. The molecule has 25 heavy (non-hydrogen) atoms. The molecule has 0 saturated carbocycles. The van der Waals surface area contributed by atoms with E-state index < -0.39 is 11.6 Å². The predicted molar refractivity (Wildman–Crippen MR) is 96.7 cm³/mol. The highest BCUT2D eigenvalue weighted by Crippen LogP contribution is 2.35. The van der Waals surface area contributed by atoms with Crippen molar-refractivity contribution in [1.82, 2.24) is 0 Å². The van der Waals surface area contributed by atoms with Gasteiger partial charge in [0.2, 0.25) is 5.91 Å². The van der Waals surface area contributed by atoms with Gasteiger partial charge in [-0.15, -0.1) is 0 Å². The molecule has 1 aliphatic carbocycles. The number of halogens is 3. The molecular weight excluding hydrogens is 344 g/mol. The molecule has 2 aromatic rings. The normalized spacial score (nSPS) is 19.4. The van der Waals surface area contributed by atoms with Gasteiger partial charge in [0.1, 0.15) is 11.5 Å². The minimum atomic E-state index is -1.80. The second kappa shape index (κ2) is 7.19. The minimum absolute atomic E-state index is 0.0467. The van der Waals surface area contributed by atoms with Crippen LogP contribution < -0.4 is 5.32 Å². The van der Waals surface area contributed by atoms with E-state index >= 15 is 4.39 Å². The summed E-state index contributed by atoms with van der Waals surface area (Å²) in [6.07, 6.45) is 4.46. The van der Waals surface area contributed by atoms with Gasteiger partial charge in [-0.25, -0.2) is 8.78 Å². The summed E-state index contributed by atoms with van der Waals surface area (Å²) in [5.74, 6) is -0.804. The lowest BCUT2D eigenvalue weighted by Gasteiger charge is -2.25. The molecule has 0 heterocycles. The van der Waals surface area contributed by atoms with E-state index in [9.17, 15) is 9.18 Å². The zero-order chi connectivity index (χ0) is 17.9. The molecule has 3 rings (SSSR count). The predicted octanol–water partition coefficient (Wildman–Crippen LogP) is 5.56. The smallest absolute Gasteiger partial charge is 0.227 e. The molecule has 0 spiro atoms. The van der Waals surface area contributed by atoms with Gasteiger partial charge in [0.25, 0.3) is 0 Å². The van der Waals surface area contributed by atoms with Crippen LogP contribution in [0, 0.1) is 5.82 Å². The molecule has 0 saturated heterocycles. The van der Waals surface area contributed by atoms with E-state index in [-0.39, 0.29) is 18.7 Å². The highest BCUT2D eigenvalue weighted by atomic mass is 35.5. The molecule has 0 fully saturated rings. The number of hydrogen-bond acceptors (Lipinski definition) is 1. The first-order chi connectivity index (χ1) is 12.0. The lowest BCUT2D eigenvalue weighted by Crippen LogP contribution is -2.29. The molecule has 0 aromatic heterocycles. The summed E-state index contributed by atoms with van der Waals surface area (Å²) < 4.78 is 28.2. The Morgan fingerprint density at radius 3 is 2.60 bits per heavy atom. The van der Waals surface area contributed by atoms with Crippen LogP contribution in [0.3, 0.4) is 0 Å². The average Bonchev–Trinajstić information content (AvgIpc) is 2.57. The minimum Gasteiger partial charge on any atom is -0.325 e. The topological polar surface area (TPSA) is 29.1 Å². The maximum absolute atomic E-state index is 15.1. The molecule has 1 N–H and O–H groups in total. The van der Waals surface area contributed by atoms with Crippen LogP contribution in [0.5, 0.6) is 0 Å². The van der Waals surface area contributed by atoms with Crippen LogP contribution in [0.4, 0.5) is 14.5 Å². The molecule has 1 unspecified atom stereocenters. The summed E-state index contributed by atoms with van der Waals surface area (Å²) in [5.41, 5.74) is 0.103. The van der Waals surface area contributed by atoms with Crippen molar-refractivity contribution in [3.8, 4) is 0 Å². The number of rotatable bonds is 4. The third kappa shape index (κ3) is 4.34. The number of alkyl halides is 1. The Hall–Kier alpha value is -2.46. The average molecular weight is 360 g/mol. The van der Waals surface area contributed by atoms with E-state index in [1.807, 2.05) is 0 Å². The summed E-state index contributed by atoms with van der Waals surface area (Å²) in [6, 6.07) is 12.7. The second-order valence-electron chi connectivity index (χ2n) is 5.97. The van der Waals surface area contributed by atoms with Crippen LogP contribution in [0.15, 0.2) is 66.8 Å². The molecule has 0 aliphatic heterocycles. The number of anilines is 1. The summed E-state index contributed by atoms with van der Waals surface area (Å²) in [7, 11) is 0. The first-order valence-corrected chi connectivity index (χ1v) is 8.21.